The Bertz CT molecular complexity index is 298. The van der Waals surface area contributed by atoms with Crippen LogP contribution in [0.2, 0.25) is 0 Å². The predicted molar refractivity (Wildman–Crippen MR) is 72.3 cm³/mol. The van der Waals surface area contributed by atoms with Crippen LogP contribution >= 0.6 is 0 Å². The molecule has 1 saturated carbocycles. The summed E-state index contributed by atoms with van der Waals surface area (Å²) in [7, 11) is 4.26. The van der Waals surface area contributed by atoms with Crippen LogP contribution in [-0.2, 0) is 4.79 Å². The van der Waals surface area contributed by atoms with Crippen LogP contribution < -0.4 is 11.1 Å². The molecule has 3 N–H and O–H groups in total. The lowest BCUT2D eigenvalue weighted by Gasteiger charge is -2.41. The molecule has 1 heterocycles. The number of piperazine rings is 1. The second-order valence-corrected chi connectivity index (χ2v) is 5.94. The molecule has 1 aliphatic heterocycles. The molecule has 1 unspecified atom stereocenters. The number of hydrogen-bond acceptors (Lipinski definition) is 4. The molecule has 0 spiro atoms. The summed E-state index contributed by atoms with van der Waals surface area (Å²) in [4.78, 5) is 16.8. The number of rotatable bonds is 4. The van der Waals surface area contributed by atoms with Crippen LogP contribution in [0.5, 0.6) is 0 Å². The summed E-state index contributed by atoms with van der Waals surface area (Å²) in [5.74, 6) is 0.165. The monoisotopic (exact) mass is 254 g/mol. The second-order valence-electron chi connectivity index (χ2n) is 5.94. The van der Waals surface area contributed by atoms with Gasteiger partial charge in [-0.15, -0.1) is 0 Å². The number of nitrogens with two attached hydrogens (primary N) is 1. The number of carbonyl (C=O) groups excluding carboxylic acids is 1. The van der Waals surface area contributed by atoms with E-state index in [1.807, 2.05) is 0 Å². The molecular weight excluding hydrogens is 228 g/mol. The molecule has 1 atom stereocenters. The number of hydrogen-bond donors (Lipinski definition) is 2. The van der Waals surface area contributed by atoms with E-state index in [9.17, 15) is 4.79 Å². The average molecular weight is 254 g/mol. The summed E-state index contributed by atoms with van der Waals surface area (Å²) in [5, 5.41) is 3.11. The lowest BCUT2D eigenvalue weighted by atomic mass is 9.68. The van der Waals surface area contributed by atoms with Gasteiger partial charge in [0.25, 0.3) is 0 Å². The molecule has 1 saturated heterocycles. The van der Waals surface area contributed by atoms with Crippen LogP contribution in [0.25, 0.3) is 0 Å². The van der Waals surface area contributed by atoms with Crippen molar-refractivity contribution in [3.8, 4) is 0 Å². The number of carbonyl (C=O) groups is 1. The lowest BCUT2D eigenvalue weighted by Crippen LogP contribution is -2.57. The highest BCUT2D eigenvalue weighted by Gasteiger charge is 2.42. The minimum atomic E-state index is -0.251. The fourth-order valence-corrected chi connectivity index (χ4v) is 2.85. The smallest absolute Gasteiger partial charge is 0.227 e. The molecule has 5 heteroatoms. The first-order chi connectivity index (χ1) is 8.57. The van der Waals surface area contributed by atoms with Crippen molar-refractivity contribution in [1.82, 2.24) is 15.1 Å². The third-order valence-electron chi connectivity index (χ3n) is 4.66. The minimum absolute atomic E-state index is 0.165. The van der Waals surface area contributed by atoms with E-state index in [2.05, 4.69) is 29.2 Å². The standard InChI is InChI=1S/C13H26N4O/c1-16-6-7-17(2)11(9-16)8-15-12(18)13(10-14)4-3-5-13/h11H,3-10,14H2,1-2H3,(H,15,18). The molecule has 18 heavy (non-hydrogen) atoms. The minimum Gasteiger partial charge on any atom is -0.354 e. The Morgan fingerprint density at radius 2 is 2.11 bits per heavy atom. The maximum atomic E-state index is 12.2. The second kappa shape index (κ2) is 5.55. The van der Waals surface area contributed by atoms with E-state index in [0.717, 1.165) is 45.4 Å². The van der Waals surface area contributed by atoms with Crippen molar-refractivity contribution in [1.29, 1.82) is 0 Å². The number of amides is 1. The first kappa shape index (κ1) is 13.8. The van der Waals surface area contributed by atoms with Crippen molar-refractivity contribution < 1.29 is 4.79 Å². The van der Waals surface area contributed by atoms with Crippen LogP contribution in [0.3, 0.4) is 0 Å². The van der Waals surface area contributed by atoms with Crippen molar-refractivity contribution in [3.63, 3.8) is 0 Å². The molecule has 104 valence electrons. The summed E-state index contributed by atoms with van der Waals surface area (Å²) in [6.07, 6.45) is 3.04. The van der Waals surface area contributed by atoms with Crippen LogP contribution in [0.1, 0.15) is 19.3 Å². The Morgan fingerprint density at radius 3 is 2.67 bits per heavy atom. The lowest BCUT2D eigenvalue weighted by molar-refractivity contribution is -0.135. The maximum absolute atomic E-state index is 12.2. The van der Waals surface area contributed by atoms with Gasteiger partial charge in [-0.1, -0.05) is 6.42 Å². The molecule has 2 aliphatic rings. The highest BCUT2D eigenvalue weighted by atomic mass is 16.2. The van der Waals surface area contributed by atoms with Gasteiger partial charge in [0, 0.05) is 38.8 Å². The van der Waals surface area contributed by atoms with Crippen molar-refractivity contribution in [2.24, 2.45) is 11.1 Å². The van der Waals surface area contributed by atoms with Gasteiger partial charge in [0.1, 0.15) is 0 Å². The molecule has 0 aromatic carbocycles. The molecular formula is C13H26N4O. The van der Waals surface area contributed by atoms with Crippen molar-refractivity contribution in [2.45, 2.75) is 25.3 Å². The number of nitrogens with one attached hydrogen (secondary N) is 1. The molecule has 0 aromatic heterocycles. The van der Waals surface area contributed by atoms with E-state index in [1.54, 1.807) is 0 Å². The van der Waals surface area contributed by atoms with Crippen LogP contribution in [0.4, 0.5) is 0 Å². The summed E-state index contributed by atoms with van der Waals surface area (Å²) in [6, 6.07) is 0.419. The number of nitrogens with zero attached hydrogens (tertiary/aromatic N) is 2. The van der Waals surface area contributed by atoms with Gasteiger partial charge >= 0.3 is 0 Å². The zero-order chi connectivity index (χ0) is 13.2. The van der Waals surface area contributed by atoms with Gasteiger partial charge in [0.05, 0.1) is 5.41 Å². The summed E-state index contributed by atoms with van der Waals surface area (Å²) in [6.45, 7) is 4.42. The molecule has 5 nitrogen and oxygen atoms in total. The van der Waals surface area contributed by atoms with Gasteiger partial charge in [-0.25, -0.2) is 0 Å². The zero-order valence-electron chi connectivity index (χ0n) is 11.6. The fourth-order valence-electron chi connectivity index (χ4n) is 2.85. The fraction of sp³-hybridized carbons (Fsp3) is 0.923. The third kappa shape index (κ3) is 2.68. The predicted octanol–water partition coefficient (Wildman–Crippen LogP) is -0.523. The van der Waals surface area contributed by atoms with Crippen LogP contribution in [0.15, 0.2) is 0 Å². The van der Waals surface area contributed by atoms with Gasteiger partial charge < -0.3 is 16.0 Å². The molecule has 0 bridgehead atoms. The van der Waals surface area contributed by atoms with Crippen LogP contribution in [0, 0.1) is 5.41 Å². The average Bonchev–Trinajstić information content (AvgIpc) is 2.29. The summed E-state index contributed by atoms with van der Waals surface area (Å²) in [5.41, 5.74) is 5.50. The van der Waals surface area contributed by atoms with Crippen molar-refractivity contribution in [2.75, 3.05) is 46.8 Å². The van der Waals surface area contributed by atoms with Gasteiger partial charge in [-0.2, -0.15) is 0 Å². The van der Waals surface area contributed by atoms with Gasteiger partial charge in [0.15, 0.2) is 0 Å². The maximum Gasteiger partial charge on any atom is 0.227 e. The summed E-state index contributed by atoms with van der Waals surface area (Å²) < 4.78 is 0. The molecule has 0 radical (unpaired) electrons. The summed E-state index contributed by atoms with van der Waals surface area (Å²) >= 11 is 0. The van der Waals surface area contributed by atoms with Gasteiger partial charge in [-0.05, 0) is 26.9 Å². The van der Waals surface area contributed by atoms with E-state index in [4.69, 9.17) is 5.73 Å². The Balaban J connectivity index is 1.81. The molecule has 2 rings (SSSR count). The first-order valence-electron chi connectivity index (χ1n) is 6.94. The van der Waals surface area contributed by atoms with E-state index < -0.39 is 0 Å². The van der Waals surface area contributed by atoms with E-state index in [-0.39, 0.29) is 11.3 Å². The quantitative estimate of drug-likeness (QED) is 0.708. The van der Waals surface area contributed by atoms with Gasteiger partial charge in [-0.3, -0.25) is 9.69 Å². The largest absolute Gasteiger partial charge is 0.354 e. The Morgan fingerprint density at radius 1 is 1.39 bits per heavy atom. The SMILES string of the molecule is CN1CCN(C)C(CNC(=O)C2(CN)CCC2)C1. The molecule has 0 aromatic rings. The van der Waals surface area contributed by atoms with Crippen LogP contribution in [-0.4, -0.2) is 68.6 Å². The highest BCUT2D eigenvalue weighted by Crippen LogP contribution is 2.39. The van der Waals surface area contributed by atoms with E-state index in [1.165, 1.54) is 0 Å². The Labute approximate surface area is 110 Å². The molecule has 1 aliphatic carbocycles. The van der Waals surface area contributed by atoms with Crippen molar-refractivity contribution >= 4 is 5.91 Å². The normalized spacial score (nSPS) is 28.7. The molecule has 1 amide bonds. The zero-order valence-corrected chi connectivity index (χ0v) is 11.6. The van der Waals surface area contributed by atoms with Crippen molar-refractivity contribution in [3.05, 3.63) is 0 Å². The Kier molecular flexibility index (Phi) is 4.25. The van der Waals surface area contributed by atoms with E-state index >= 15 is 0 Å². The highest BCUT2D eigenvalue weighted by molar-refractivity contribution is 5.83. The first-order valence-corrected chi connectivity index (χ1v) is 6.94. The van der Waals surface area contributed by atoms with E-state index in [0.29, 0.717) is 12.6 Å². The number of likely N-dealkylation sites (N-methyl/N-ethyl adjacent to an activating group) is 2. The Hall–Kier alpha value is -0.650. The third-order valence-corrected chi connectivity index (χ3v) is 4.66. The molecule has 2 fully saturated rings. The topological polar surface area (TPSA) is 61.6 Å². The van der Waals surface area contributed by atoms with Gasteiger partial charge in [0.2, 0.25) is 5.91 Å².